The van der Waals surface area contributed by atoms with Crippen molar-refractivity contribution >= 4 is 21.7 Å². The molecule has 2 N–H and O–H groups in total. The Balaban J connectivity index is 2.10. The van der Waals surface area contributed by atoms with Crippen LogP contribution in [0.5, 0.6) is 0 Å². The molecule has 0 saturated carbocycles. The smallest absolute Gasteiger partial charge is 0.310 e. The molecule has 0 amide bonds. The van der Waals surface area contributed by atoms with Crippen LogP contribution in [0.1, 0.15) is 6.42 Å². The van der Waals surface area contributed by atoms with E-state index in [2.05, 4.69) is 0 Å². The Kier molecular flexibility index (Phi) is 3.77. The Labute approximate surface area is 112 Å². The van der Waals surface area contributed by atoms with Crippen molar-refractivity contribution in [2.24, 2.45) is 11.1 Å². The minimum absolute atomic E-state index is 0.0833. The molecule has 6 nitrogen and oxygen atoms in total. The van der Waals surface area contributed by atoms with E-state index >= 15 is 0 Å². The van der Waals surface area contributed by atoms with Crippen LogP contribution < -0.4 is 10.0 Å². The van der Waals surface area contributed by atoms with Crippen LogP contribution >= 0.6 is 0 Å². The average Bonchev–Trinajstić information content (AvgIpc) is 2.86. The monoisotopic (exact) mass is 284 g/mol. The van der Waals surface area contributed by atoms with Gasteiger partial charge in [-0.2, -0.15) is 0 Å². The number of nitrogens with zero attached hydrogens (tertiary/aromatic N) is 1. The van der Waals surface area contributed by atoms with Crippen LogP contribution in [0.25, 0.3) is 0 Å². The highest BCUT2D eigenvalue weighted by Gasteiger charge is 2.29. The van der Waals surface area contributed by atoms with Crippen molar-refractivity contribution in [1.82, 2.24) is 0 Å². The highest BCUT2D eigenvalue weighted by molar-refractivity contribution is 7.89. The molecule has 0 unspecified atom stereocenters. The number of sulfonamides is 1. The van der Waals surface area contributed by atoms with Crippen LogP contribution in [0, 0.1) is 5.92 Å². The third-order valence-electron chi connectivity index (χ3n) is 3.25. The highest BCUT2D eigenvalue weighted by Crippen LogP contribution is 2.25. The summed E-state index contributed by atoms with van der Waals surface area (Å²) < 4.78 is 27.0. The summed E-state index contributed by atoms with van der Waals surface area (Å²) in [5.41, 5.74) is 0.874. The van der Waals surface area contributed by atoms with Gasteiger partial charge in [0.05, 0.1) is 17.9 Å². The maximum absolute atomic E-state index is 11.4. The molecule has 1 fully saturated rings. The van der Waals surface area contributed by atoms with Gasteiger partial charge in [0.25, 0.3) is 0 Å². The van der Waals surface area contributed by atoms with Gasteiger partial charge in [0, 0.05) is 18.8 Å². The van der Waals surface area contributed by atoms with Crippen LogP contribution in [0.4, 0.5) is 5.69 Å². The van der Waals surface area contributed by atoms with Gasteiger partial charge in [-0.1, -0.05) is 0 Å². The van der Waals surface area contributed by atoms with Gasteiger partial charge in [-0.05, 0) is 30.7 Å². The number of carbonyl (C=O) groups is 1. The van der Waals surface area contributed by atoms with Crippen LogP contribution in [0.3, 0.4) is 0 Å². The second kappa shape index (κ2) is 5.18. The molecule has 1 atom stereocenters. The predicted molar refractivity (Wildman–Crippen MR) is 70.2 cm³/mol. The number of rotatable bonds is 3. The van der Waals surface area contributed by atoms with Gasteiger partial charge >= 0.3 is 5.97 Å². The molecule has 1 saturated heterocycles. The van der Waals surface area contributed by atoms with Gasteiger partial charge in [0.15, 0.2) is 0 Å². The number of esters is 1. The molecule has 0 aromatic heterocycles. The average molecular weight is 284 g/mol. The molecule has 1 aliphatic rings. The van der Waals surface area contributed by atoms with Crippen LogP contribution in [0.2, 0.25) is 0 Å². The van der Waals surface area contributed by atoms with Crippen molar-refractivity contribution in [1.29, 1.82) is 0 Å². The molecular formula is C12H16N2O4S. The molecule has 0 aliphatic carbocycles. The van der Waals surface area contributed by atoms with Crippen LogP contribution in [-0.2, 0) is 19.6 Å². The third kappa shape index (κ3) is 3.05. The Morgan fingerprint density at radius 3 is 2.53 bits per heavy atom. The SMILES string of the molecule is COC(=O)[C@@H]1CCN(c2ccc(S(N)(=O)=O)cc2)C1. The second-order valence-electron chi connectivity index (χ2n) is 4.49. The van der Waals surface area contributed by atoms with Crippen molar-refractivity contribution in [2.75, 3.05) is 25.1 Å². The zero-order chi connectivity index (χ0) is 14.0. The number of nitrogens with two attached hydrogens (primary N) is 1. The van der Waals surface area contributed by atoms with E-state index in [4.69, 9.17) is 9.88 Å². The van der Waals surface area contributed by atoms with Gasteiger partial charge < -0.3 is 9.64 Å². The summed E-state index contributed by atoms with van der Waals surface area (Å²) in [6.45, 7) is 1.33. The second-order valence-corrected chi connectivity index (χ2v) is 6.06. The third-order valence-corrected chi connectivity index (χ3v) is 4.18. The number of primary sulfonamides is 1. The van der Waals surface area contributed by atoms with Gasteiger partial charge in [-0.25, -0.2) is 13.6 Å². The Hall–Kier alpha value is -1.60. The van der Waals surface area contributed by atoms with E-state index < -0.39 is 10.0 Å². The molecule has 2 rings (SSSR count). The first-order valence-corrected chi connectivity index (χ1v) is 7.42. The molecule has 1 heterocycles. The number of carbonyl (C=O) groups excluding carboxylic acids is 1. The lowest BCUT2D eigenvalue weighted by Crippen LogP contribution is -2.23. The predicted octanol–water partition coefficient (Wildman–Crippen LogP) is 0.333. The molecule has 1 aromatic carbocycles. The Bertz CT molecular complexity index is 568. The van der Waals surface area contributed by atoms with E-state index in [1.165, 1.54) is 19.2 Å². The fraction of sp³-hybridized carbons (Fsp3) is 0.417. The molecule has 1 aliphatic heterocycles. The highest BCUT2D eigenvalue weighted by atomic mass is 32.2. The van der Waals surface area contributed by atoms with E-state index in [1.807, 2.05) is 4.90 Å². The first kappa shape index (κ1) is 13.8. The quantitative estimate of drug-likeness (QED) is 0.808. The zero-order valence-electron chi connectivity index (χ0n) is 10.6. The number of benzene rings is 1. The zero-order valence-corrected chi connectivity index (χ0v) is 11.4. The lowest BCUT2D eigenvalue weighted by molar-refractivity contribution is -0.144. The minimum atomic E-state index is -3.66. The summed E-state index contributed by atoms with van der Waals surface area (Å²) in [7, 11) is -2.28. The largest absolute Gasteiger partial charge is 0.469 e. The lowest BCUT2D eigenvalue weighted by Gasteiger charge is -2.18. The number of ether oxygens (including phenoxy) is 1. The summed E-state index contributed by atoms with van der Waals surface area (Å²) in [4.78, 5) is 13.5. The fourth-order valence-electron chi connectivity index (χ4n) is 2.20. The first-order chi connectivity index (χ1) is 8.91. The number of anilines is 1. The van der Waals surface area contributed by atoms with E-state index in [0.29, 0.717) is 6.54 Å². The van der Waals surface area contributed by atoms with E-state index in [9.17, 15) is 13.2 Å². The Morgan fingerprint density at radius 1 is 1.37 bits per heavy atom. The minimum Gasteiger partial charge on any atom is -0.469 e. The molecule has 19 heavy (non-hydrogen) atoms. The molecular weight excluding hydrogens is 268 g/mol. The van der Waals surface area contributed by atoms with Crippen LogP contribution in [-0.4, -0.2) is 34.6 Å². The normalized spacial score (nSPS) is 19.5. The number of methoxy groups -OCH3 is 1. The fourth-order valence-corrected chi connectivity index (χ4v) is 2.72. The van der Waals surface area contributed by atoms with Crippen molar-refractivity contribution < 1.29 is 17.9 Å². The van der Waals surface area contributed by atoms with E-state index in [-0.39, 0.29) is 16.8 Å². The lowest BCUT2D eigenvalue weighted by atomic mass is 10.1. The maximum atomic E-state index is 11.4. The summed E-state index contributed by atoms with van der Waals surface area (Å²) in [6, 6.07) is 6.32. The van der Waals surface area contributed by atoms with Gasteiger partial charge in [-0.15, -0.1) is 0 Å². The molecule has 0 bridgehead atoms. The molecule has 0 radical (unpaired) electrons. The van der Waals surface area contributed by atoms with E-state index in [1.54, 1.807) is 12.1 Å². The summed E-state index contributed by atoms with van der Waals surface area (Å²) in [5, 5.41) is 5.04. The molecule has 7 heteroatoms. The van der Waals surface area contributed by atoms with Crippen molar-refractivity contribution in [3.63, 3.8) is 0 Å². The molecule has 104 valence electrons. The summed E-state index contributed by atoms with van der Waals surface area (Å²) in [5.74, 6) is -0.327. The van der Waals surface area contributed by atoms with Gasteiger partial charge in [0.1, 0.15) is 0 Å². The number of hydrogen-bond acceptors (Lipinski definition) is 5. The van der Waals surface area contributed by atoms with Crippen molar-refractivity contribution in [3.8, 4) is 0 Å². The van der Waals surface area contributed by atoms with Crippen molar-refractivity contribution in [3.05, 3.63) is 24.3 Å². The van der Waals surface area contributed by atoms with Crippen LogP contribution in [0.15, 0.2) is 29.2 Å². The topological polar surface area (TPSA) is 89.7 Å². The first-order valence-electron chi connectivity index (χ1n) is 5.87. The van der Waals surface area contributed by atoms with E-state index in [0.717, 1.165) is 18.7 Å². The molecule has 0 spiro atoms. The van der Waals surface area contributed by atoms with Crippen molar-refractivity contribution in [2.45, 2.75) is 11.3 Å². The maximum Gasteiger partial charge on any atom is 0.310 e. The standard InChI is InChI=1S/C12H16N2O4S/c1-18-12(15)9-6-7-14(8-9)10-2-4-11(5-3-10)19(13,16)17/h2-5,9H,6-8H2,1H3,(H2,13,16,17)/t9-/m1/s1. The number of hydrogen-bond donors (Lipinski definition) is 1. The van der Waals surface area contributed by atoms with Gasteiger partial charge in [-0.3, -0.25) is 4.79 Å². The Morgan fingerprint density at radius 2 is 2.00 bits per heavy atom. The molecule has 1 aromatic rings. The summed E-state index contributed by atoms with van der Waals surface area (Å²) >= 11 is 0. The summed E-state index contributed by atoms with van der Waals surface area (Å²) in [6.07, 6.45) is 0.740. The van der Waals surface area contributed by atoms with Gasteiger partial charge in [0.2, 0.25) is 10.0 Å².